The van der Waals surface area contributed by atoms with Crippen LogP contribution in [-0.4, -0.2) is 21.8 Å². The Bertz CT molecular complexity index is 1070. The SMILES string of the molecule is NS(=O)(=O)c1ccc(S(=O)(=O)Nc2ccc3[nH]ccc3c2)cc1. The molecular formula is C14H13N3O4S2. The van der Waals surface area contributed by atoms with Crippen LogP contribution in [0.3, 0.4) is 0 Å². The van der Waals surface area contributed by atoms with Crippen molar-refractivity contribution in [1.82, 2.24) is 4.98 Å². The third-order valence-corrected chi connectivity index (χ3v) is 5.59. The third kappa shape index (κ3) is 3.21. The molecule has 23 heavy (non-hydrogen) atoms. The highest BCUT2D eigenvalue weighted by molar-refractivity contribution is 7.92. The number of nitrogens with two attached hydrogens (primary N) is 1. The summed E-state index contributed by atoms with van der Waals surface area (Å²) in [4.78, 5) is 2.81. The maximum absolute atomic E-state index is 12.3. The number of rotatable bonds is 4. The lowest BCUT2D eigenvalue weighted by molar-refractivity contribution is 0.595. The summed E-state index contributed by atoms with van der Waals surface area (Å²) in [5, 5.41) is 5.86. The van der Waals surface area contributed by atoms with E-state index in [9.17, 15) is 16.8 Å². The Hall–Kier alpha value is -2.36. The van der Waals surface area contributed by atoms with Gasteiger partial charge in [0.1, 0.15) is 0 Å². The van der Waals surface area contributed by atoms with Crippen LogP contribution in [0.25, 0.3) is 10.9 Å². The Kier molecular flexibility index (Phi) is 3.63. The van der Waals surface area contributed by atoms with Crippen LogP contribution in [0.4, 0.5) is 5.69 Å². The molecule has 0 bridgehead atoms. The average Bonchev–Trinajstić information content (AvgIpc) is 2.93. The number of primary sulfonamides is 1. The van der Waals surface area contributed by atoms with Crippen molar-refractivity contribution >= 4 is 36.6 Å². The molecule has 2 aromatic carbocycles. The van der Waals surface area contributed by atoms with Crippen LogP contribution in [0.1, 0.15) is 0 Å². The minimum Gasteiger partial charge on any atom is -0.361 e. The molecule has 0 saturated carbocycles. The van der Waals surface area contributed by atoms with Crippen LogP contribution in [0.2, 0.25) is 0 Å². The Balaban J connectivity index is 1.91. The van der Waals surface area contributed by atoms with Crippen molar-refractivity contribution in [3.05, 3.63) is 54.7 Å². The molecule has 0 saturated heterocycles. The van der Waals surface area contributed by atoms with E-state index in [1.54, 1.807) is 24.4 Å². The topological polar surface area (TPSA) is 122 Å². The summed E-state index contributed by atoms with van der Waals surface area (Å²) in [6.07, 6.45) is 1.76. The van der Waals surface area contributed by atoms with Crippen LogP contribution in [0.5, 0.6) is 0 Å². The molecule has 0 amide bonds. The summed E-state index contributed by atoms with van der Waals surface area (Å²) in [7, 11) is -7.68. The Labute approximate surface area is 133 Å². The van der Waals surface area contributed by atoms with Crippen LogP contribution in [0.15, 0.2) is 64.5 Å². The van der Waals surface area contributed by atoms with Gasteiger partial charge in [-0.05, 0) is 48.5 Å². The molecule has 0 aliphatic rings. The van der Waals surface area contributed by atoms with E-state index in [1.165, 1.54) is 12.1 Å². The summed E-state index contributed by atoms with van der Waals surface area (Å²) < 4.78 is 49.5. The predicted octanol–water partition coefficient (Wildman–Crippen LogP) is 1.62. The van der Waals surface area contributed by atoms with Gasteiger partial charge in [0.15, 0.2) is 0 Å². The van der Waals surface area contributed by atoms with E-state index in [0.29, 0.717) is 5.69 Å². The zero-order valence-electron chi connectivity index (χ0n) is 11.7. The summed E-state index contributed by atoms with van der Waals surface area (Å²) >= 11 is 0. The van der Waals surface area contributed by atoms with Crippen molar-refractivity contribution in [2.75, 3.05) is 4.72 Å². The Morgan fingerprint density at radius 1 is 0.870 bits per heavy atom. The van der Waals surface area contributed by atoms with Gasteiger partial charge in [-0.1, -0.05) is 0 Å². The molecule has 1 heterocycles. The number of aromatic nitrogens is 1. The second kappa shape index (κ2) is 5.37. The van der Waals surface area contributed by atoms with Crippen molar-refractivity contribution in [3.8, 4) is 0 Å². The van der Waals surface area contributed by atoms with Gasteiger partial charge in [0, 0.05) is 22.8 Å². The normalized spacial score (nSPS) is 12.4. The highest BCUT2D eigenvalue weighted by Gasteiger charge is 2.16. The minimum absolute atomic E-state index is 0.0564. The molecule has 3 aromatic rings. The summed E-state index contributed by atoms with van der Waals surface area (Å²) in [6.45, 7) is 0. The second-order valence-corrected chi connectivity index (χ2v) is 8.15. The lowest BCUT2D eigenvalue weighted by Crippen LogP contribution is -2.15. The fourth-order valence-corrected chi connectivity index (χ4v) is 3.70. The molecule has 0 aliphatic carbocycles. The maximum Gasteiger partial charge on any atom is 0.261 e. The molecule has 4 N–H and O–H groups in total. The molecule has 120 valence electrons. The monoisotopic (exact) mass is 351 g/mol. The number of hydrogen-bond acceptors (Lipinski definition) is 4. The second-order valence-electron chi connectivity index (χ2n) is 4.90. The first-order valence-corrected chi connectivity index (χ1v) is 9.51. The first-order chi connectivity index (χ1) is 10.8. The number of benzene rings is 2. The summed E-state index contributed by atoms with van der Waals surface area (Å²) in [5.41, 5.74) is 1.30. The molecule has 7 nitrogen and oxygen atoms in total. The Morgan fingerprint density at radius 2 is 1.52 bits per heavy atom. The van der Waals surface area contributed by atoms with Crippen molar-refractivity contribution in [1.29, 1.82) is 0 Å². The van der Waals surface area contributed by atoms with Crippen molar-refractivity contribution < 1.29 is 16.8 Å². The van der Waals surface area contributed by atoms with E-state index in [-0.39, 0.29) is 9.79 Å². The van der Waals surface area contributed by atoms with Crippen LogP contribution in [-0.2, 0) is 20.0 Å². The van der Waals surface area contributed by atoms with Gasteiger partial charge in [0.05, 0.1) is 9.79 Å². The largest absolute Gasteiger partial charge is 0.361 e. The first-order valence-electron chi connectivity index (χ1n) is 6.48. The van der Waals surface area contributed by atoms with E-state index in [1.807, 2.05) is 6.07 Å². The highest BCUT2D eigenvalue weighted by Crippen LogP contribution is 2.21. The molecule has 0 aliphatic heterocycles. The molecule has 0 fully saturated rings. The molecular weight excluding hydrogens is 338 g/mol. The summed E-state index contributed by atoms with van der Waals surface area (Å²) in [5.74, 6) is 0. The molecule has 0 unspecified atom stereocenters. The maximum atomic E-state index is 12.3. The zero-order chi connectivity index (χ0) is 16.7. The van der Waals surface area contributed by atoms with E-state index >= 15 is 0 Å². The Morgan fingerprint density at radius 3 is 2.17 bits per heavy atom. The van der Waals surface area contributed by atoms with Crippen LogP contribution < -0.4 is 9.86 Å². The molecule has 0 atom stereocenters. The molecule has 1 aromatic heterocycles. The average molecular weight is 351 g/mol. The van der Waals surface area contributed by atoms with E-state index in [2.05, 4.69) is 9.71 Å². The highest BCUT2D eigenvalue weighted by atomic mass is 32.2. The standard InChI is InChI=1S/C14H13N3O4S2/c15-22(18,19)12-2-4-13(5-3-12)23(20,21)17-11-1-6-14-10(9-11)7-8-16-14/h1-9,16-17H,(H2,15,18,19). The lowest BCUT2D eigenvalue weighted by atomic mass is 10.2. The number of fused-ring (bicyclic) bond motifs is 1. The number of nitrogens with one attached hydrogen (secondary N) is 2. The minimum atomic E-state index is -3.86. The van der Waals surface area contributed by atoms with Crippen LogP contribution in [0, 0.1) is 0 Å². The number of sulfonamides is 2. The van der Waals surface area contributed by atoms with Crippen molar-refractivity contribution in [3.63, 3.8) is 0 Å². The van der Waals surface area contributed by atoms with Gasteiger partial charge in [-0.2, -0.15) is 0 Å². The smallest absolute Gasteiger partial charge is 0.261 e. The number of aromatic amines is 1. The van der Waals surface area contributed by atoms with Gasteiger partial charge < -0.3 is 4.98 Å². The van der Waals surface area contributed by atoms with Gasteiger partial charge in [-0.25, -0.2) is 22.0 Å². The third-order valence-electron chi connectivity index (χ3n) is 3.27. The van der Waals surface area contributed by atoms with Gasteiger partial charge in [-0.3, -0.25) is 4.72 Å². The number of anilines is 1. The molecule has 0 spiro atoms. The number of hydrogen-bond donors (Lipinski definition) is 3. The number of H-pyrrole nitrogens is 1. The van der Waals surface area contributed by atoms with Gasteiger partial charge in [0.2, 0.25) is 10.0 Å². The first kappa shape index (κ1) is 15.5. The van der Waals surface area contributed by atoms with E-state index in [0.717, 1.165) is 23.0 Å². The van der Waals surface area contributed by atoms with Crippen LogP contribution >= 0.6 is 0 Å². The molecule has 0 radical (unpaired) electrons. The zero-order valence-corrected chi connectivity index (χ0v) is 13.4. The van der Waals surface area contributed by atoms with E-state index in [4.69, 9.17) is 5.14 Å². The van der Waals surface area contributed by atoms with Crippen molar-refractivity contribution in [2.45, 2.75) is 9.79 Å². The van der Waals surface area contributed by atoms with Gasteiger partial charge in [-0.15, -0.1) is 0 Å². The fraction of sp³-hybridized carbons (Fsp3) is 0. The predicted molar refractivity (Wildman–Crippen MR) is 86.9 cm³/mol. The quantitative estimate of drug-likeness (QED) is 0.661. The molecule has 3 rings (SSSR count). The fourth-order valence-electron chi connectivity index (χ4n) is 2.14. The lowest BCUT2D eigenvalue weighted by Gasteiger charge is -2.08. The summed E-state index contributed by atoms with van der Waals surface area (Å²) in [6, 6.07) is 11.6. The molecule has 9 heteroatoms. The van der Waals surface area contributed by atoms with Crippen molar-refractivity contribution in [2.24, 2.45) is 5.14 Å². The van der Waals surface area contributed by atoms with Gasteiger partial charge in [0.25, 0.3) is 10.0 Å². The van der Waals surface area contributed by atoms with E-state index < -0.39 is 20.0 Å². The van der Waals surface area contributed by atoms with Gasteiger partial charge >= 0.3 is 0 Å².